The molecule has 0 heterocycles. The molecule has 1 rings (SSSR count). The Kier molecular flexibility index (Phi) is 6.38. The first kappa shape index (κ1) is 14.7. The second-order valence-electron chi connectivity index (χ2n) is 4.05. The number of benzene rings is 1. The Morgan fingerprint density at radius 1 is 1.39 bits per heavy atom. The second kappa shape index (κ2) is 7.84. The van der Waals surface area contributed by atoms with Crippen molar-refractivity contribution in [2.75, 3.05) is 5.75 Å². The van der Waals surface area contributed by atoms with E-state index in [2.05, 4.69) is 11.8 Å². The van der Waals surface area contributed by atoms with E-state index in [0.29, 0.717) is 6.42 Å². The van der Waals surface area contributed by atoms with Crippen molar-refractivity contribution in [1.29, 1.82) is 0 Å². The zero-order valence-corrected chi connectivity index (χ0v) is 11.8. The predicted octanol–water partition coefficient (Wildman–Crippen LogP) is 3.50. The topological polar surface area (TPSA) is 26.3 Å². The summed E-state index contributed by atoms with van der Waals surface area (Å²) in [6.45, 7) is 5.56. The Balaban J connectivity index is 2.60. The van der Waals surface area contributed by atoms with E-state index in [9.17, 15) is 4.79 Å². The van der Waals surface area contributed by atoms with Gasteiger partial charge in [0.25, 0.3) is 0 Å². The molecule has 0 saturated carbocycles. The van der Waals surface area contributed by atoms with Crippen molar-refractivity contribution in [3.05, 3.63) is 29.8 Å². The molecule has 1 aromatic carbocycles. The van der Waals surface area contributed by atoms with Gasteiger partial charge in [0, 0.05) is 19.1 Å². The summed E-state index contributed by atoms with van der Waals surface area (Å²) in [4.78, 5) is 10.7. The molecule has 0 amide bonds. The van der Waals surface area contributed by atoms with Crippen LogP contribution >= 0.6 is 11.8 Å². The summed E-state index contributed by atoms with van der Waals surface area (Å²) in [6.07, 6.45) is 0.849. The van der Waals surface area contributed by atoms with Crippen LogP contribution in [-0.2, 0) is 4.79 Å². The zero-order chi connectivity index (χ0) is 13.4. The standard InChI is InChI=1S/C15H18O2S/c1-12(2)17-15-10-5-4-8-14(15)9-6-7-11-18-13(3)16/h4-5,8,10,12H,7,11H2,1-3H3. The lowest BCUT2D eigenvalue weighted by atomic mass is 10.2. The van der Waals surface area contributed by atoms with E-state index in [1.807, 2.05) is 38.1 Å². The van der Waals surface area contributed by atoms with Gasteiger partial charge in [-0.2, -0.15) is 0 Å². The Hall–Kier alpha value is -1.40. The average Bonchev–Trinajstić information content (AvgIpc) is 2.29. The summed E-state index contributed by atoms with van der Waals surface area (Å²) < 4.78 is 5.68. The molecule has 0 bridgehead atoms. The number of hydrogen-bond donors (Lipinski definition) is 0. The number of carbonyl (C=O) groups excluding carboxylic acids is 1. The molecule has 0 aliphatic heterocycles. The normalized spacial score (nSPS) is 9.78. The zero-order valence-electron chi connectivity index (χ0n) is 11.0. The maximum absolute atomic E-state index is 10.7. The number of para-hydroxylation sites is 1. The molecule has 0 aromatic heterocycles. The van der Waals surface area contributed by atoms with E-state index in [1.165, 1.54) is 11.8 Å². The first-order valence-electron chi connectivity index (χ1n) is 5.97. The molecule has 0 unspecified atom stereocenters. The van der Waals surface area contributed by atoms with Crippen LogP contribution in [0.3, 0.4) is 0 Å². The van der Waals surface area contributed by atoms with E-state index in [4.69, 9.17) is 4.74 Å². The molecule has 2 nitrogen and oxygen atoms in total. The van der Waals surface area contributed by atoms with Crippen molar-refractivity contribution >= 4 is 16.9 Å². The van der Waals surface area contributed by atoms with Crippen LogP contribution in [0.25, 0.3) is 0 Å². The van der Waals surface area contributed by atoms with Gasteiger partial charge < -0.3 is 4.74 Å². The van der Waals surface area contributed by atoms with Gasteiger partial charge in [-0.25, -0.2) is 0 Å². The molecule has 18 heavy (non-hydrogen) atoms. The van der Waals surface area contributed by atoms with Crippen LogP contribution in [0.1, 0.15) is 32.8 Å². The summed E-state index contributed by atoms with van der Waals surface area (Å²) in [7, 11) is 0. The lowest BCUT2D eigenvalue weighted by Crippen LogP contribution is -2.06. The summed E-state index contributed by atoms with van der Waals surface area (Å²) >= 11 is 1.31. The van der Waals surface area contributed by atoms with Crippen LogP contribution in [0.15, 0.2) is 24.3 Å². The van der Waals surface area contributed by atoms with E-state index in [1.54, 1.807) is 6.92 Å². The lowest BCUT2D eigenvalue weighted by molar-refractivity contribution is -0.109. The molecule has 0 spiro atoms. The number of carbonyl (C=O) groups is 1. The summed E-state index contributed by atoms with van der Waals surface area (Å²) in [6, 6.07) is 7.76. The maximum Gasteiger partial charge on any atom is 0.185 e. The van der Waals surface area contributed by atoms with E-state index in [-0.39, 0.29) is 11.2 Å². The van der Waals surface area contributed by atoms with Crippen molar-refractivity contribution < 1.29 is 9.53 Å². The highest BCUT2D eigenvalue weighted by Crippen LogP contribution is 2.18. The van der Waals surface area contributed by atoms with Crippen LogP contribution in [0, 0.1) is 11.8 Å². The molecule has 3 heteroatoms. The number of ether oxygens (including phenoxy) is 1. The van der Waals surface area contributed by atoms with Crippen LogP contribution in [0.4, 0.5) is 0 Å². The highest BCUT2D eigenvalue weighted by Gasteiger charge is 2.01. The summed E-state index contributed by atoms with van der Waals surface area (Å²) in [5.74, 6) is 7.72. The third-order valence-electron chi connectivity index (χ3n) is 2.01. The molecule has 0 N–H and O–H groups in total. The molecular weight excluding hydrogens is 244 g/mol. The van der Waals surface area contributed by atoms with Gasteiger partial charge in [0.15, 0.2) is 5.12 Å². The molecular formula is C15H18O2S. The van der Waals surface area contributed by atoms with Gasteiger partial charge in [0.05, 0.1) is 11.7 Å². The van der Waals surface area contributed by atoms with E-state index < -0.39 is 0 Å². The fraction of sp³-hybridized carbons (Fsp3) is 0.400. The molecule has 1 aromatic rings. The van der Waals surface area contributed by atoms with Crippen molar-refractivity contribution in [2.45, 2.75) is 33.3 Å². The summed E-state index contributed by atoms with van der Waals surface area (Å²) in [5, 5.41) is 0.139. The van der Waals surface area contributed by atoms with Crippen LogP contribution in [-0.4, -0.2) is 17.0 Å². The van der Waals surface area contributed by atoms with Gasteiger partial charge >= 0.3 is 0 Å². The van der Waals surface area contributed by atoms with Gasteiger partial charge in [-0.1, -0.05) is 35.7 Å². The highest BCUT2D eigenvalue weighted by molar-refractivity contribution is 8.13. The van der Waals surface area contributed by atoms with E-state index >= 15 is 0 Å². The minimum atomic E-state index is 0.139. The largest absolute Gasteiger partial charge is 0.490 e. The summed E-state index contributed by atoms with van der Waals surface area (Å²) in [5.41, 5.74) is 0.902. The number of thioether (sulfide) groups is 1. The second-order valence-corrected chi connectivity index (χ2v) is 5.33. The molecule has 0 atom stereocenters. The Bertz CT molecular complexity index is 455. The number of rotatable bonds is 4. The van der Waals surface area contributed by atoms with Crippen LogP contribution in [0.5, 0.6) is 5.75 Å². The first-order valence-corrected chi connectivity index (χ1v) is 6.96. The van der Waals surface area contributed by atoms with Gasteiger partial charge in [0.2, 0.25) is 0 Å². The van der Waals surface area contributed by atoms with Crippen molar-refractivity contribution in [3.8, 4) is 17.6 Å². The molecule has 0 aliphatic rings. The molecule has 96 valence electrons. The Labute approximate surface area is 113 Å². The fourth-order valence-electron chi connectivity index (χ4n) is 1.33. The quantitative estimate of drug-likeness (QED) is 0.613. The minimum absolute atomic E-state index is 0.139. The van der Waals surface area contributed by atoms with Crippen molar-refractivity contribution in [3.63, 3.8) is 0 Å². The maximum atomic E-state index is 10.7. The Morgan fingerprint density at radius 2 is 2.11 bits per heavy atom. The van der Waals surface area contributed by atoms with Gasteiger partial charge in [-0.05, 0) is 26.0 Å². The smallest absolute Gasteiger partial charge is 0.185 e. The average molecular weight is 262 g/mol. The molecule has 0 saturated heterocycles. The SMILES string of the molecule is CC(=O)SCCC#Cc1ccccc1OC(C)C. The molecule has 0 radical (unpaired) electrons. The van der Waals surface area contributed by atoms with Gasteiger partial charge in [0.1, 0.15) is 5.75 Å². The fourth-order valence-corrected chi connectivity index (χ4v) is 1.82. The van der Waals surface area contributed by atoms with E-state index in [0.717, 1.165) is 17.1 Å². The molecule has 0 fully saturated rings. The van der Waals surface area contributed by atoms with Crippen LogP contribution < -0.4 is 4.74 Å². The van der Waals surface area contributed by atoms with Gasteiger partial charge in [-0.3, -0.25) is 4.79 Å². The Morgan fingerprint density at radius 3 is 2.78 bits per heavy atom. The van der Waals surface area contributed by atoms with Crippen LogP contribution in [0.2, 0.25) is 0 Å². The highest BCUT2D eigenvalue weighted by atomic mass is 32.2. The number of hydrogen-bond acceptors (Lipinski definition) is 3. The van der Waals surface area contributed by atoms with Gasteiger partial charge in [-0.15, -0.1) is 0 Å². The predicted molar refractivity (Wildman–Crippen MR) is 76.8 cm³/mol. The molecule has 0 aliphatic carbocycles. The minimum Gasteiger partial charge on any atom is -0.490 e. The lowest BCUT2D eigenvalue weighted by Gasteiger charge is -2.10. The third-order valence-corrected chi connectivity index (χ3v) is 2.82. The van der Waals surface area contributed by atoms with Crippen molar-refractivity contribution in [1.82, 2.24) is 0 Å². The first-order chi connectivity index (χ1) is 8.59. The monoisotopic (exact) mass is 262 g/mol. The van der Waals surface area contributed by atoms with Crippen molar-refractivity contribution in [2.24, 2.45) is 0 Å². The third kappa shape index (κ3) is 5.79.